The Kier molecular flexibility index (Phi) is 4.96. The van der Waals surface area contributed by atoms with Gasteiger partial charge in [-0.15, -0.1) is 0 Å². The van der Waals surface area contributed by atoms with Crippen LogP contribution in [0, 0.1) is 5.82 Å². The van der Waals surface area contributed by atoms with Crippen LogP contribution in [0.4, 0.5) is 4.39 Å². The number of carbonyl (C=O) groups is 2. The molecule has 1 aliphatic heterocycles. The van der Waals surface area contributed by atoms with E-state index in [1.807, 2.05) is 0 Å². The summed E-state index contributed by atoms with van der Waals surface area (Å²) in [4.78, 5) is 25.7. The number of nitrogens with zero attached hydrogens (tertiary/aromatic N) is 1. The molecule has 0 aliphatic carbocycles. The number of thiocarbonyl (C=S) groups is 1. The predicted molar refractivity (Wildman–Crippen MR) is 98.2 cm³/mol. The fourth-order valence-electron chi connectivity index (χ4n) is 2.47. The SMILES string of the molecule is O=C(O)C(c1ccccc1)N1C(=O)/C(=C/c2ccccc2F)SC1=S. The van der Waals surface area contributed by atoms with E-state index in [1.54, 1.807) is 42.5 Å². The molecule has 2 aromatic carbocycles. The van der Waals surface area contributed by atoms with Gasteiger partial charge in [0.05, 0.1) is 4.91 Å². The van der Waals surface area contributed by atoms with Gasteiger partial charge in [-0.05, 0) is 17.7 Å². The van der Waals surface area contributed by atoms with Gasteiger partial charge in [-0.1, -0.05) is 72.5 Å². The van der Waals surface area contributed by atoms with Crippen LogP contribution in [0.5, 0.6) is 0 Å². The van der Waals surface area contributed by atoms with Crippen LogP contribution < -0.4 is 0 Å². The number of rotatable bonds is 4. The van der Waals surface area contributed by atoms with Crippen molar-refractivity contribution >= 4 is 46.3 Å². The van der Waals surface area contributed by atoms with Crippen LogP contribution in [-0.4, -0.2) is 26.2 Å². The molecule has 3 rings (SSSR count). The van der Waals surface area contributed by atoms with Gasteiger partial charge >= 0.3 is 5.97 Å². The number of thioether (sulfide) groups is 1. The highest BCUT2D eigenvalue weighted by Gasteiger charge is 2.41. The quantitative estimate of drug-likeness (QED) is 0.652. The number of hydrogen-bond donors (Lipinski definition) is 1. The first-order valence-corrected chi connectivity index (χ1v) is 8.51. The highest BCUT2D eigenvalue weighted by atomic mass is 32.2. The summed E-state index contributed by atoms with van der Waals surface area (Å²) in [6.07, 6.45) is 1.39. The van der Waals surface area contributed by atoms with E-state index >= 15 is 0 Å². The highest BCUT2D eigenvalue weighted by Crippen LogP contribution is 2.38. The van der Waals surface area contributed by atoms with Crippen LogP contribution in [0.15, 0.2) is 59.5 Å². The number of amides is 1. The van der Waals surface area contributed by atoms with Gasteiger partial charge in [0.25, 0.3) is 5.91 Å². The van der Waals surface area contributed by atoms with E-state index in [0.717, 1.165) is 16.7 Å². The van der Waals surface area contributed by atoms with Crippen molar-refractivity contribution in [1.82, 2.24) is 4.90 Å². The molecule has 1 atom stereocenters. The molecule has 1 amide bonds. The van der Waals surface area contributed by atoms with Crippen molar-refractivity contribution in [2.45, 2.75) is 6.04 Å². The zero-order chi connectivity index (χ0) is 18.0. The minimum atomic E-state index is -1.22. The Morgan fingerprint density at radius 1 is 1.16 bits per heavy atom. The predicted octanol–water partition coefficient (Wildman–Crippen LogP) is 3.85. The third-order valence-corrected chi connectivity index (χ3v) is 4.95. The second-order valence-electron chi connectivity index (χ2n) is 5.22. The van der Waals surface area contributed by atoms with Gasteiger partial charge < -0.3 is 5.11 Å². The molecule has 1 saturated heterocycles. The summed E-state index contributed by atoms with van der Waals surface area (Å²) >= 11 is 6.17. The van der Waals surface area contributed by atoms with E-state index < -0.39 is 23.7 Å². The average Bonchev–Trinajstić information content (AvgIpc) is 2.86. The van der Waals surface area contributed by atoms with Crippen molar-refractivity contribution in [2.75, 3.05) is 0 Å². The van der Waals surface area contributed by atoms with Crippen molar-refractivity contribution in [1.29, 1.82) is 0 Å². The highest BCUT2D eigenvalue weighted by molar-refractivity contribution is 8.26. The number of carboxylic acid groups (broad SMARTS) is 1. The standard InChI is InChI=1S/C18H12FNO3S2/c19-13-9-5-4-8-12(13)10-14-16(21)20(18(24)25-14)15(17(22)23)11-6-2-1-3-7-11/h1-10,15H,(H,22,23)/b14-10-. The van der Waals surface area contributed by atoms with Crippen LogP contribution in [0.3, 0.4) is 0 Å². The molecule has 1 heterocycles. The molecule has 25 heavy (non-hydrogen) atoms. The maximum absolute atomic E-state index is 13.8. The van der Waals surface area contributed by atoms with Crippen LogP contribution in [0.25, 0.3) is 6.08 Å². The van der Waals surface area contributed by atoms with Gasteiger partial charge in [0.15, 0.2) is 6.04 Å². The molecule has 126 valence electrons. The lowest BCUT2D eigenvalue weighted by Crippen LogP contribution is -2.37. The van der Waals surface area contributed by atoms with Crippen molar-refractivity contribution in [3.05, 3.63) is 76.4 Å². The number of aliphatic carboxylic acids is 1. The summed E-state index contributed by atoms with van der Waals surface area (Å²) in [6.45, 7) is 0. The van der Waals surface area contributed by atoms with E-state index in [4.69, 9.17) is 12.2 Å². The maximum atomic E-state index is 13.8. The molecule has 2 aromatic rings. The second-order valence-corrected chi connectivity index (χ2v) is 6.90. The molecule has 4 nitrogen and oxygen atoms in total. The van der Waals surface area contributed by atoms with Crippen molar-refractivity contribution in [3.63, 3.8) is 0 Å². The third kappa shape index (κ3) is 3.47. The summed E-state index contributed by atoms with van der Waals surface area (Å²) in [5, 5.41) is 9.60. The smallest absolute Gasteiger partial charge is 0.331 e. The molecular formula is C18H12FNO3S2. The van der Waals surface area contributed by atoms with Gasteiger partial charge in [-0.2, -0.15) is 0 Å². The number of carbonyl (C=O) groups excluding carboxylic acids is 1. The first-order chi connectivity index (χ1) is 12.0. The minimum absolute atomic E-state index is 0.129. The number of hydrogen-bond acceptors (Lipinski definition) is 4. The Hall–Kier alpha value is -2.51. The lowest BCUT2D eigenvalue weighted by Gasteiger charge is -2.23. The van der Waals surface area contributed by atoms with Gasteiger partial charge in [0, 0.05) is 5.56 Å². The maximum Gasteiger partial charge on any atom is 0.331 e. The minimum Gasteiger partial charge on any atom is -0.479 e. The van der Waals surface area contributed by atoms with Gasteiger partial charge in [-0.25, -0.2) is 9.18 Å². The Balaban J connectivity index is 1.98. The number of halogens is 1. The molecule has 1 aliphatic rings. The first kappa shape index (κ1) is 17.3. The van der Waals surface area contributed by atoms with E-state index in [-0.39, 0.29) is 14.8 Å². The Morgan fingerprint density at radius 2 is 1.80 bits per heavy atom. The fourth-order valence-corrected chi connectivity index (χ4v) is 3.78. The van der Waals surface area contributed by atoms with Gasteiger partial charge in [0.1, 0.15) is 10.1 Å². The van der Waals surface area contributed by atoms with E-state index in [2.05, 4.69) is 0 Å². The van der Waals surface area contributed by atoms with Gasteiger partial charge in [0.2, 0.25) is 0 Å². The summed E-state index contributed by atoms with van der Waals surface area (Å²) in [6, 6.07) is 13.2. The molecular weight excluding hydrogens is 361 g/mol. The lowest BCUT2D eigenvalue weighted by atomic mass is 10.1. The molecule has 1 fully saturated rings. The van der Waals surface area contributed by atoms with E-state index in [1.165, 1.54) is 18.2 Å². The molecule has 0 radical (unpaired) electrons. The van der Waals surface area contributed by atoms with Crippen LogP contribution in [0.2, 0.25) is 0 Å². The molecule has 0 aromatic heterocycles. The third-order valence-electron chi connectivity index (χ3n) is 3.62. The molecule has 0 spiro atoms. The first-order valence-electron chi connectivity index (χ1n) is 7.28. The average molecular weight is 373 g/mol. The fraction of sp³-hybridized carbons (Fsp3) is 0.0556. The van der Waals surface area contributed by atoms with E-state index in [9.17, 15) is 19.1 Å². The second kappa shape index (κ2) is 7.16. The normalized spacial score (nSPS) is 17.2. The van der Waals surface area contributed by atoms with Crippen molar-refractivity contribution < 1.29 is 19.1 Å². The molecule has 0 saturated carbocycles. The zero-order valence-corrected chi connectivity index (χ0v) is 14.4. The molecule has 7 heteroatoms. The number of benzene rings is 2. The monoisotopic (exact) mass is 373 g/mol. The van der Waals surface area contributed by atoms with Crippen LogP contribution in [-0.2, 0) is 9.59 Å². The zero-order valence-electron chi connectivity index (χ0n) is 12.8. The largest absolute Gasteiger partial charge is 0.479 e. The summed E-state index contributed by atoms with van der Waals surface area (Å²) in [5.41, 5.74) is 0.688. The topological polar surface area (TPSA) is 57.6 Å². The van der Waals surface area contributed by atoms with Crippen molar-refractivity contribution in [2.24, 2.45) is 0 Å². The Bertz CT molecular complexity index is 883. The molecule has 1 N–H and O–H groups in total. The molecule has 0 bridgehead atoms. The Labute approximate surface area is 153 Å². The number of carboxylic acids is 1. The summed E-state index contributed by atoms with van der Waals surface area (Å²) in [5.74, 6) is -2.20. The lowest BCUT2D eigenvalue weighted by molar-refractivity contribution is -0.145. The van der Waals surface area contributed by atoms with Crippen molar-refractivity contribution in [3.8, 4) is 0 Å². The van der Waals surface area contributed by atoms with Gasteiger partial charge in [-0.3, -0.25) is 9.69 Å². The van der Waals surface area contributed by atoms with Crippen LogP contribution >= 0.6 is 24.0 Å². The van der Waals surface area contributed by atoms with Crippen LogP contribution in [0.1, 0.15) is 17.2 Å². The Morgan fingerprint density at radius 3 is 2.44 bits per heavy atom. The summed E-state index contributed by atoms with van der Waals surface area (Å²) in [7, 11) is 0. The van der Waals surface area contributed by atoms with E-state index in [0.29, 0.717) is 5.56 Å². The summed E-state index contributed by atoms with van der Waals surface area (Å²) < 4.78 is 13.9. The molecule has 1 unspecified atom stereocenters.